The number of fused-ring (bicyclic) bond motifs is 1. The lowest BCUT2D eigenvalue weighted by molar-refractivity contribution is 0.0178. The van der Waals surface area contributed by atoms with Crippen molar-refractivity contribution in [3.8, 4) is 10.4 Å². The standard InChI is InChI=1S/C23H22BrClN2O2S/c1-23(2,3)29-22(28)27-11-8-15-12-16(25)4-5-17(15)20(27)18-13-19(30-21(18)24)14-6-9-26-10-7-14/h4-7,9-10,12-13,20H,8,11H2,1-3H3. The monoisotopic (exact) mass is 504 g/mol. The van der Waals surface area contributed by atoms with Crippen molar-refractivity contribution < 1.29 is 9.53 Å². The van der Waals surface area contributed by atoms with Gasteiger partial charge in [0.05, 0.1) is 9.83 Å². The molecule has 1 aliphatic heterocycles. The molecule has 0 fully saturated rings. The van der Waals surface area contributed by atoms with E-state index in [9.17, 15) is 4.79 Å². The molecule has 7 heteroatoms. The first kappa shape index (κ1) is 21.3. The van der Waals surface area contributed by atoms with E-state index in [2.05, 4.69) is 27.0 Å². The Balaban J connectivity index is 1.81. The third kappa shape index (κ3) is 4.41. The summed E-state index contributed by atoms with van der Waals surface area (Å²) in [6.07, 6.45) is 4.00. The molecule has 0 N–H and O–H groups in total. The minimum absolute atomic E-state index is 0.248. The zero-order valence-corrected chi connectivity index (χ0v) is 20.1. The van der Waals surface area contributed by atoms with Gasteiger partial charge in [0.2, 0.25) is 0 Å². The largest absolute Gasteiger partial charge is 0.444 e. The molecule has 3 heterocycles. The van der Waals surface area contributed by atoms with Crippen LogP contribution in [0.1, 0.15) is 43.5 Å². The fraction of sp³-hybridized carbons (Fsp3) is 0.304. The fourth-order valence-corrected chi connectivity index (χ4v) is 5.65. The molecule has 1 aliphatic rings. The number of carbonyl (C=O) groups excluding carboxylic acids is 1. The Morgan fingerprint density at radius 2 is 1.93 bits per heavy atom. The highest BCUT2D eigenvalue weighted by Gasteiger charge is 2.36. The van der Waals surface area contributed by atoms with Crippen molar-refractivity contribution in [1.29, 1.82) is 0 Å². The maximum absolute atomic E-state index is 13.1. The first-order valence-corrected chi connectivity index (χ1v) is 11.7. The van der Waals surface area contributed by atoms with Gasteiger partial charge in [0.1, 0.15) is 5.60 Å². The highest BCUT2D eigenvalue weighted by molar-refractivity contribution is 9.11. The number of benzene rings is 1. The van der Waals surface area contributed by atoms with E-state index < -0.39 is 5.60 Å². The molecule has 0 spiro atoms. The van der Waals surface area contributed by atoms with Crippen LogP contribution in [0.15, 0.2) is 52.6 Å². The number of hydrogen-bond donors (Lipinski definition) is 0. The molecule has 2 aromatic heterocycles. The minimum atomic E-state index is -0.560. The zero-order valence-electron chi connectivity index (χ0n) is 17.0. The van der Waals surface area contributed by atoms with Crippen molar-refractivity contribution in [3.63, 3.8) is 0 Å². The van der Waals surface area contributed by atoms with E-state index in [1.165, 1.54) is 0 Å². The number of nitrogens with zero attached hydrogens (tertiary/aromatic N) is 2. The average Bonchev–Trinajstić information content (AvgIpc) is 3.07. The van der Waals surface area contributed by atoms with Crippen LogP contribution in [0.3, 0.4) is 0 Å². The van der Waals surface area contributed by atoms with Crippen molar-refractivity contribution >= 4 is 45.0 Å². The van der Waals surface area contributed by atoms with Gasteiger partial charge in [0, 0.05) is 34.4 Å². The molecule has 30 heavy (non-hydrogen) atoms. The number of thiophene rings is 1. The van der Waals surface area contributed by atoms with Crippen LogP contribution in [0.25, 0.3) is 10.4 Å². The predicted molar refractivity (Wildman–Crippen MR) is 125 cm³/mol. The van der Waals surface area contributed by atoms with Crippen LogP contribution >= 0.6 is 38.9 Å². The summed E-state index contributed by atoms with van der Waals surface area (Å²) in [5, 5.41) is 0.708. The Bertz CT molecular complexity index is 1080. The first-order chi connectivity index (χ1) is 14.2. The maximum atomic E-state index is 13.1. The Kier molecular flexibility index (Phi) is 5.93. The third-order valence-corrected chi connectivity index (χ3v) is 7.10. The van der Waals surface area contributed by atoms with Gasteiger partial charge in [-0.2, -0.15) is 0 Å². The van der Waals surface area contributed by atoms with E-state index >= 15 is 0 Å². The molecule has 1 atom stereocenters. The summed E-state index contributed by atoms with van der Waals surface area (Å²) in [7, 11) is 0. The highest BCUT2D eigenvalue weighted by Crippen LogP contribution is 2.45. The Morgan fingerprint density at radius 1 is 1.20 bits per heavy atom. The van der Waals surface area contributed by atoms with Crippen molar-refractivity contribution in [1.82, 2.24) is 9.88 Å². The number of rotatable bonds is 2. The average molecular weight is 506 g/mol. The van der Waals surface area contributed by atoms with Crippen LogP contribution in [0.4, 0.5) is 4.79 Å². The lowest BCUT2D eigenvalue weighted by atomic mass is 9.89. The second kappa shape index (κ2) is 8.33. The summed E-state index contributed by atoms with van der Waals surface area (Å²) in [5.41, 5.74) is 3.82. The highest BCUT2D eigenvalue weighted by atomic mass is 79.9. The van der Waals surface area contributed by atoms with Crippen molar-refractivity contribution in [2.45, 2.75) is 38.8 Å². The molecule has 0 aliphatic carbocycles. The summed E-state index contributed by atoms with van der Waals surface area (Å²) in [5.74, 6) is 0. The molecule has 4 rings (SSSR count). The molecule has 0 saturated heterocycles. The second-order valence-corrected chi connectivity index (χ2v) is 11.1. The summed E-state index contributed by atoms with van der Waals surface area (Å²) >= 11 is 11.7. The molecule has 0 bridgehead atoms. The lowest BCUT2D eigenvalue weighted by Gasteiger charge is -2.38. The Hall–Kier alpha value is -1.89. The molecule has 4 nitrogen and oxygen atoms in total. The number of carbonyl (C=O) groups is 1. The number of amides is 1. The maximum Gasteiger partial charge on any atom is 0.411 e. The topological polar surface area (TPSA) is 42.4 Å². The van der Waals surface area contributed by atoms with Gasteiger partial charge in [-0.1, -0.05) is 17.7 Å². The molecule has 156 valence electrons. The van der Waals surface area contributed by atoms with Crippen LogP contribution in [-0.4, -0.2) is 28.1 Å². The molecular formula is C23H22BrClN2O2S. The summed E-state index contributed by atoms with van der Waals surface area (Å²) in [6.45, 7) is 6.23. The smallest absolute Gasteiger partial charge is 0.411 e. The lowest BCUT2D eigenvalue weighted by Crippen LogP contribution is -2.43. The van der Waals surface area contributed by atoms with Crippen LogP contribution in [0.5, 0.6) is 0 Å². The van der Waals surface area contributed by atoms with Gasteiger partial charge >= 0.3 is 6.09 Å². The van der Waals surface area contributed by atoms with Gasteiger partial charge in [-0.25, -0.2) is 4.79 Å². The van der Waals surface area contributed by atoms with Gasteiger partial charge in [-0.15, -0.1) is 11.3 Å². The predicted octanol–water partition coefficient (Wildman–Crippen LogP) is 7.11. The number of hydrogen-bond acceptors (Lipinski definition) is 4. The normalized spacial score (nSPS) is 16.3. The second-order valence-electron chi connectivity index (χ2n) is 8.24. The molecule has 0 saturated carbocycles. The van der Waals surface area contributed by atoms with E-state index in [1.807, 2.05) is 56.0 Å². The van der Waals surface area contributed by atoms with Gasteiger partial charge in [-0.05, 0) is 90.1 Å². The van der Waals surface area contributed by atoms with E-state index in [1.54, 1.807) is 23.7 Å². The fourth-order valence-electron chi connectivity index (χ4n) is 3.68. The number of aromatic nitrogens is 1. The van der Waals surface area contributed by atoms with E-state index in [4.69, 9.17) is 16.3 Å². The van der Waals surface area contributed by atoms with Crippen LogP contribution in [0.2, 0.25) is 5.02 Å². The number of pyridine rings is 1. The first-order valence-electron chi connectivity index (χ1n) is 9.70. The van der Waals surface area contributed by atoms with Crippen molar-refractivity contribution in [3.05, 3.63) is 74.3 Å². The van der Waals surface area contributed by atoms with Crippen LogP contribution in [0, 0.1) is 0 Å². The van der Waals surface area contributed by atoms with Gasteiger partial charge in [0.25, 0.3) is 0 Å². The summed E-state index contributed by atoms with van der Waals surface area (Å²) in [4.78, 5) is 20.2. The molecule has 0 radical (unpaired) electrons. The minimum Gasteiger partial charge on any atom is -0.444 e. The Morgan fingerprint density at radius 3 is 2.63 bits per heavy atom. The molecule has 1 aromatic carbocycles. The van der Waals surface area contributed by atoms with E-state index in [0.29, 0.717) is 11.6 Å². The number of halogens is 2. The van der Waals surface area contributed by atoms with Crippen molar-refractivity contribution in [2.24, 2.45) is 0 Å². The summed E-state index contributed by atoms with van der Waals surface area (Å²) in [6, 6.07) is 11.8. The Labute approximate surface area is 194 Å². The zero-order chi connectivity index (χ0) is 21.5. The number of ether oxygens (including phenoxy) is 1. The molecular weight excluding hydrogens is 484 g/mol. The van der Waals surface area contributed by atoms with Gasteiger partial charge in [0.15, 0.2) is 0 Å². The van der Waals surface area contributed by atoms with Gasteiger partial charge < -0.3 is 4.74 Å². The van der Waals surface area contributed by atoms with Gasteiger partial charge in [-0.3, -0.25) is 9.88 Å². The summed E-state index contributed by atoms with van der Waals surface area (Å²) < 4.78 is 6.74. The van der Waals surface area contributed by atoms with Crippen LogP contribution < -0.4 is 0 Å². The molecule has 1 unspecified atom stereocenters. The van der Waals surface area contributed by atoms with E-state index in [-0.39, 0.29) is 12.1 Å². The molecule has 1 amide bonds. The quantitative estimate of drug-likeness (QED) is 0.373. The van der Waals surface area contributed by atoms with Crippen molar-refractivity contribution in [2.75, 3.05) is 6.54 Å². The third-order valence-electron chi connectivity index (χ3n) is 4.93. The molecule has 3 aromatic rings. The van der Waals surface area contributed by atoms with Crippen LogP contribution in [-0.2, 0) is 11.2 Å². The van der Waals surface area contributed by atoms with E-state index in [0.717, 1.165) is 37.3 Å². The SMILES string of the molecule is CC(C)(C)OC(=O)N1CCc2cc(Cl)ccc2C1c1cc(-c2ccncc2)sc1Br.